The highest BCUT2D eigenvalue weighted by Crippen LogP contribution is 2.52. The summed E-state index contributed by atoms with van der Waals surface area (Å²) in [5, 5.41) is 10.8. The minimum atomic E-state index is -3.25. The molecule has 8 heteroatoms. The number of amidine groups is 1. The highest BCUT2D eigenvalue weighted by atomic mass is 19.3. The van der Waals surface area contributed by atoms with Gasteiger partial charge in [0.05, 0.1) is 4.92 Å². The maximum atomic E-state index is 14.3. The molecule has 1 aromatic rings. The first-order chi connectivity index (χ1) is 9.36. The van der Waals surface area contributed by atoms with Gasteiger partial charge in [-0.2, -0.15) is 8.78 Å². The van der Waals surface area contributed by atoms with Crippen molar-refractivity contribution in [2.24, 2.45) is 10.7 Å². The number of benzene rings is 1. The summed E-state index contributed by atoms with van der Waals surface area (Å²) in [5.41, 5.74) is 4.14. The van der Waals surface area contributed by atoms with Crippen molar-refractivity contribution in [3.8, 4) is 0 Å². The maximum absolute atomic E-state index is 14.3. The molecule has 0 amide bonds. The summed E-state index contributed by atoms with van der Waals surface area (Å²) in [6.45, 7) is -0.871. The van der Waals surface area contributed by atoms with Crippen LogP contribution < -0.4 is 5.73 Å². The molecular weight excluding hydrogens is 272 g/mol. The number of ether oxygens (including phenoxy) is 1. The standard InChI is InChI=1S/C12H11F2N3O3/c13-12(14)6-20-10(15)16-11(12)4-3-7-1-2-8(17(18)19)5-9(7)11/h1-2,5H,3-4,6H2,(H2,15,16). The van der Waals surface area contributed by atoms with Crippen molar-refractivity contribution in [3.05, 3.63) is 39.4 Å². The molecule has 1 unspecified atom stereocenters. The number of alkyl halides is 2. The van der Waals surface area contributed by atoms with E-state index in [1.807, 2.05) is 0 Å². The molecule has 0 bridgehead atoms. The largest absolute Gasteiger partial charge is 0.459 e. The first-order valence-corrected chi connectivity index (χ1v) is 5.99. The minimum absolute atomic E-state index is 0.0561. The number of halogens is 2. The number of nitro benzene ring substituents is 1. The van der Waals surface area contributed by atoms with Gasteiger partial charge in [-0.3, -0.25) is 10.1 Å². The third kappa shape index (κ3) is 1.57. The molecule has 1 aliphatic heterocycles. The van der Waals surface area contributed by atoms with Gasteiger partial charge in [0, 0.05) is 12.1 Å². The Balaban J connectivity index is 2.22. The van der Waals surface area contributed by atoms with E-state index in [1.165, 1.54) is 18.2 Å². The molecule has 1 atom stereocenters. The second-order valence-electron chi connectivity index (χ2n) is 4.90. The number of aryl methyl sites for hydroxylation is 1. The van der Waals surface area contributed by atoms with Crippen LogP contribution in [0.15, 0.2) is 23.2 Å². The zero-order chi connectivity index (χ0) is 14.5. The van der Waals surface area contributed by atoms with Crippen molar-refractivity contribution in [3.63, 3.8) is 0 Å². The van der Waals surface area contributed by atoms with Crippen LogP contribution in [0, 0.1) is 10.1 Å². The van der Waals surface area contributed by atoms with Crippen LogP contribution in [0.25, 0.3) is 0 Å². The number of aliphatic imine (C=N–C) groups is 1. The third-order valence-electron chi connectivity index (χ3n) is 3.81. The Morgan fingerprint density at radius 2 is 2.20 bits per heavy atom. The van der Waals surface area contributed by atoms with Gasteiger partial charge in [0.2, 0.25) is 0 Å². The van der Waals surface area contributed by atoms with E-state index in [1.54, 1.807) is 0 Å². The molecule has 0 saturated carbocycles. The van der Waals surface area contributed by atoms with E-state index in [0.717, 1.165) is 0 Å². The van der Waals surface area contributed by atoms with Crippen LogP contribution in [0.1, 0.15) is 17.5 Å². The monoisotopic (exact) mass is 283 g/mol. The van der Waals surface area contributed by atoms with E-state index >= 15 is 0 Å². The molecule has 2 N–H and O–H groups in total. The van der Waals surface area contributed by atoms with Crippen LogP contribution in [0.2, 0.25) is 0 Å². The Hall–Kier alpha value is -2.25. The molecule has 0 saturated heterocycles. The molecule has 1 aliphatic carbocycles. The van der Waals surface area contributed by atoms with Gasteiger partial charge in [0.15, 0.2) is 12.1 Å². The van der Waals surface area contributed by atoms with Crippen molar-refractivity contribution in [2.75, 3.05) is 6.61 Å². The topological polar surface area (TPSA) is 90.8 Å². The number of fused-ring (bicyclic) bond motifs is 2. The van der Waals surface area contributed by atoms with E-state index in [9.17, 15) is 18.9 Å². The van der Waals surface area contributed by atoms with Gasteiger partial charge in [-0.05, 0) is 24.0 Å². The van der Waals surface area contributed by atoms with E-state index < -0.39 is 23.0 Å². The Morgan fingerprint density at radius 1 is 1.45 bits per heavy atom. The Kier molecular flexibility index (Phi) is 2.47. The summed E-state index contributed by atoms with van der Waals surface area (Å²) in [5.74, 6) is -3.25. The molecular formula is C12H11F2N3O3. The fourth-order valence-corrected chi connectivity index (χ4v) is 2.81. The molecule has 0 aromatic heterocycles. The molecule has 20 heavy (non-hydrogen) atoms. The number of rotatable bonds is 1. The molecule has 3 rings (SSSR count). The summed E-state index contributed by atoms with van der Waals surface area (Å²) in [4.78, 5) is 14.0. The van der Waals surface area contributed by atoms with Crippen LogP contribution in [0.4, 0.5) is 14.5 Å². The Morgan fingerprint density at radius 3 is 2.90 bits per heavy atom. The van der Waals surface area contributed by atoms with Gasteiger partial charge in [-0.15, -0.1) is 0 Å². The SMILES string of the molecule is NC1=NC2(CCc3ccc([N+](=O)[O-])cc32)C(F)(F)CO1. The van der Waals surface area contributed by atoms with Crippen molar-refractivity contribution in [1.29, 1.82) is 0 Å². The van der Waals surface area contributed by atoms with Crippen LogP contribution in [-0.2, 0) is 16.7 Å². The van der Waals surface area contributed by atoms with E-state index in [4.69, 9.17) is 5.73 Å². The average molecular weight is 283 g/mol. The summed E-state index contributed by atoms with van der Waals surface area (Å²) in [6.07, 6.45) is 0.431. The summed E-state index contributed by atoms with van der Waals surface area (Å²) in [6, 6.07) is 3.66. The van der Waals surface area contributed by atoms with E-state index in [2.05, 4.69) is 9.73 Å². The number of nitrogens with zero attached hydrogens (tertiary/aromatic N) is 2. The lowest BCUT2D eigenvalue weighted by atomic mass is 9.85. The maximum Gasteiger partial charge on any atom is 0.310 e. The number of nitro groups is 1. The number of hydrogen-bond acceptors (Lipinski definition) is 5. The molecule has 1 spiro atoms. The van der Waals surface area contributed by atoms with E-state index in [0.29, 0.717) is 12.0 Å². The average Bonchev–Trinajstić information content (AvgIpc) is 2.75. The number of nitrogens with two attached hydrogens (primary N) is 1. The molecule has 1 aromatic carbocycles. The van der Waals surface area contributed by atoms with Gasteiger partial charge in [-0.25, -0.2) is 4.99 Å². The Bertz CT molecular complexity index is 632. The fourth-order valence-electron chi connectivity index (χ4n) is 2.81. The predicted octanol–water partition coefficient (Wildman–Crippen LogP) is 1.72. The highest BCUT2D eigenvalue weighted by Gasteiger charge is 2.61. The zero-order valence-corrected chi connectivity index (χ0v) is 10.3. The number of non-ortho nitro benzene ring substituents is 1. The first-order valence-electron chi connectivity index (χ1n) is 5.99. The van der Waals surface area contributed by atoms with Crippen molar-refractivity contribution < 1.29 is 18.4 Å². The van der Waals surface area contributed by atoms with Crippen LogP contribution in [0.5, 0.6) is 0 Å². The van der Waals surface area contributed by atoms with Crippen LogP contribution in [0.3, 0.4) is 0 Å². The van der Waals surface area contributed by atoms with E-state index in [-0.39, 0.29) is 23.7 Å². The van der Waals surface area contributed by atoms with Gasteiger partial charge >= 0.3 is 5.92 Å². The predicted molar refractivity (Wildman–Crippen MR) is 65.6 cm³/mol. The normalized spacial score (nSPS) is 26.8. The quantitative estimate of drug-likeness (QED) is 0.627. The second kappa shape index (κ2) is 3.87. The summed E-state index contributed by atoms with van der Waals surface area (Å²) in [7, 11) is 0. The minimum Gasteiger partial charge on any atom is -0.459 e. The fraction of sp³-hybridized carbons (Fsp3) is 0.417. The first kappa shape index (κ1) is 12.8. The number of hydrogen-bond donors (Lipinski definition) is 1. The molecule has 0 fully saturated rings. The molecule has 1 heterocycles. The van der Waals surface area contributed by atoms with Crippen LogP contribution >= 0.6 is 0 Å². The third-order valence-corrected chi connectivity index (χ3v) is 3.81. The molecule has 106 valence electrons. The summed E-state index contributed by atoms with van der Waals surface area (Å²) < 4.78 is 33.2. The lowest BCUT2D eigenvalue weighted by Gasteiger charge is -2.37. The lowest BCUT2D eigenvalue weighted by Crippen LogP contribution is -2.51. The second-order valence-corrected chi connectivity index (χ2v) is 4.90. The van der Waals surface area contributed by atoms with Gasteiger partial charge < -0.3 is 10.5 Å². The van der Waals surface area contributed by atoms with Gasteiger partial charge in [0.1, 0.15) is 0 Å². The zero-order valence-electron chi connectivity index (χ0n) is 10.3. The highest BCUT2D eigenvalue weighted by molar-refractivity contribution is 5.74. The van der Waals surface area contributed by atoms with Gasteiger partial charge in [0.25, 0.3) is 11.7 Å². The molecule has 6 nitrogen and oxygen atoms in total. The smallest absolute Gasteiger partial charge is 0.310 e. The molecule has 2 aliphatic rings. The van der Waals surface area contributed by atoms with Crippen molar-refractivity contribution in [1.82, 2.24) is 0 Å². The summed E-state index contributed by atoms with van der Waals surface area (Å²) >= 11 is 0. The molecule has 0 radical (unpaired) electrons. The van der Waals surface area contributed by atoms with Gasteiger partial charge in [-0.1, -0.05) is 6.07 Å². The lowest BCUT2D eigenvalue weighted by molar-refractivity contribution is -0.385. The van der Waals surface area contributed by atoms with Crippen LogP contribution in [-0.4, -0.2) is 23.5 Å². The van der Waals surface area contributed by atoms with Crippen molar-refractivity contribution in [2.45, 2.75) is 24.3 Å². The van der Waals surface area contributed by atoms with Crippen molar-refractivity contribution >= 4 is 11.7 Å². The Labute approximate surface area is 112 Å².